The lowest BCUT2D eigenvalue weighted by atomic mass is 10.1. The fourth-order valence-corrected chi connectivity index (χ4v) is 2.34. The first-order chi connectivity index (χ1) is 8.66. The van der Waals surface area contributed by atoms with Crippen molar-refractivity contribution in [2.75, 3.05) is 0 Å². The molecular formula is C16H17IN2. The van der Waals surface area contributed by atoms with Crippen molar-refractivity contribution in [2.24, 2.45) is 7.05 Å². The van der Waals surface area contributed by atoms with Crippen LogP contribution in [0.5, 0.6) is 0 Å². The number of aryl methyl sites for hydroxylation is 3. The molecule has 3 heteroatoms. The number of imidazole rings is 1. The fraction of sp³-hybridized carbons (Fsp3) is 0.188. The van der Waals surface area contributed by atoms with E-state index in [2.05, 4.69) is 78.8 Å². The molecule has 3 rings (SSSR count). The SMILES string of the molecule is Cc1ccc(-n2c[n+](C)c3ccccc32)cc1C.[I-]. The van der Waals surface area contributed by atoms with Gasteiger partial charge in [-0.3, -0.25) is 0 Å². The van der Waals surface area contributed by atoms with Crippen LogP contribution in [0.4, 0.5) is 0 Å². The molecule has 0 spiro atoms. The van der Waals surface area contributed by atoms with Crippen molar-refractivity contribution in [3.05, 3.63) is 59.9 Å². The molecule has 0 saturated heterocycles. The zero-order valence-electron chi connectivity index (χ0n) is 11.4. The second-order valence-corrected chi connectivity index (χ2v) is 4.85. The average molecular weight is 364 g/mol. The predicted molar refractivity (Wildman–Crippen MR) is 73.9 cm³/mol. The Morgan fingerprint density at radius 1 is 0.947 bits per heavy atom. The van der Waals surface area contributed by atoms with Crippen LogP contribution in [0.1, 0.15) is 11.1 Å². The van der Waals surface area contributed by atoms with Gasteiger partial charge >= 0.3 is 0 Å². The molecule has 0 bridgehead atoms. The molecule has 0 saturated carbocycles. The molecule has 0 aliphatic carbocycles. The Morgan fingerprint density at radius 3 is 2.42 bits per heavy atom. The third-order valence-electron chi connectivity index (χ3n) is 3.58. The summed E-state index contributed by atoms with van der Waals surface area (Å²) in [5.74, 6) is 0. The molecule has 0 unspecified atom stereocenters. The molecule has 0 radical (unpaired) electrons. The number of aromatic nitrogens is 2. The van der Waals surface area contributed by atoms with Gasteiger partial charge in [-0.25, -0.2) is 4.57 Å². The Bertz CT molecular complexity index is 729. The van der Waals surface area contributed by atoms with Crippen molar-refractivity contribution in [3.63, 3.8) is 0 Å². The Labute approximate surface area is 130 Å². The maximum absolute atomic E-state index is 2.24. The van der Waals surface area contributed by atoms with E-state index >= 15 is 0 Å². The van der Waals surface area contributed by atoms with Crippen LogP contribution in [-0.4, -0.2) is 4.57 Å². The molecule has 0 atom stereocenters. The Hall–Kier alpha value is -1.36. The first-order valence-electron chi connectivity index (χ1n) is 6.20. The van der Waals surface area contributed by atoms with Gasteiger partial charge in [0.25, 0.3) is 0 Å². The van der Waals surface area contributed by atoms with Gasteiger partial charge in [0.05, 0.1) is 7.05 Å². The highest BCUT2D eigenvalue weighted by Gasteiger charge is 2.14. The lowest BCUT2D eigenvalue weighted by Crippen LogP contribution is -3.00. The molecule has 0 aliphatic rings. The second-order valence-electron chi connectivity index (χ2n) is 4.85. The maximum Gasteiger partial charge on any atom is 0.249 e. The molecule has 1 aromatic heterocycles. The van der Waals surface area contributed by atoms with Gasteiger partial charge in [0.1, 0.15) is 5.69 Å². The van der Waals surface area contributed by atoms with Crippen LogP contribution < -0.4 is 28.5 Å². The topological polar surface area (TPSA) is 8.81 Å². The molecule has 1 heterocycles. The van der Waals surface area contributed by atoms with E-state index in [0.29, 0.717) is 0 Å². The Morgan fingerprint density at radius 2 is 1.68 bits per heavy atom. The van der Waals surface area contributed by atoms with Crippen molar-refractivity contribution in [2.45, 2.75) is 13.8 Å². The van der Waals surface area contributed by atoms with Crippen LogP contribution in [0.3, 0.4) is 0 Å². The molecule has 0 N–H and O–H groups in total. The zero-order valence-corrected chi connectivity index (χ0v) is 13.5. The fourth-order valence-electron chi connectivity index (χ4n) is 2.34. The first-order valence-corrected chi connectivity index (χ1v) is 6.20. The summed E-state index contributed by atoms with van der Waals surface area (Å²) in [5.41, 5.74) is 6.36. The van der Waals surface area contributed by atoms with Crippen LogP contribution >= 0.6 is 0 Å². The van der Waals surface area contributed by atoms with Crippen LogP contribution in [0.2, 0.25) is 0 Å². The number of fused-ring (bicyclic) bond motifs is 1. The molecular weight excluding hydrogens is 347 g/mol. The third kappa shape index (κ3) is 2.39. The van der Waals surface area contributed by atoms with Crippen LogP contribution in [0.25, 0.3) is 16.7 Å². The molecule has 19 heavy (non-hydrogen) atoms. The van der Waals surface area contributed by atoms with Gasteiger partial charge in [0, 0.05) is 0 Å². The lowest BCUT2D eigenvalue weighted by molar-refractivity contribution is -0.645. The smallest absolute Gasteiger partial charge is 0.249 e. The van der Waals surface area contributed by atoms with E-state index in [9.17, 15) is 0 Å². The summed E-state index contributed by atoms with van der Waals surface area (Å²) in [6, 6.07) is 15.1. The van der Waals surface area contributed by atoms with Crippen molar-refractivity contribution in [1.29, 1.82) is 0 Å². The molecule has 2 nitrogen and oxygen atoms in total. The molecule has 0 amide bonds. The van der Waals surface area contributed by atoms with Gasteiger partial charge in [0.2, 0.25) is 6.33 Å². The first kappa shape index (κ1) is 14.1. The highest BCUT2D eigenvalue weighted by atomic mass is 127. The van der Waals surface area contributed by atoms with Gasteiger partial charge in [-0.1, -0.05) is 18.2 Å². The molecule has 3 aromatic rings. The minimum Gasteiger partial charge on any atom is -1.00 e. The average Bonchev–Trinajstić information content (AvgIpc) is 2.71. The summed E-state index contributed by atoms with van der Waals surface area (Å²) in [5, 5.41) is 0. The second kappa shape index (κ2) is 5.33. The van der Waals surface area contributed by atoms with Crippen molar-refractivity contribution < 1.29 is 28.5 Å². The number of rotatable bonds is 1. The summed E-state index contributed by atoms with van der Waals surface area (Å²) in [6.45, 7) is 4.30. The van der Waals surface area contributed by atoms with Crippen LogP contribution in [0.15, 0.2) is 48.8 Å². The van der Waals surface area contributed by atoms with E-state index in [0.717, 1.165) is 0 Å². The molecule has 98 valence electrons. The van der Waals surface area contributed by atoms with Crippen molar-refractivity contribution in [1.82, 2.24) is 4.57 Å². The quantitative estimate of drug-likeness (QED) is 0.427. The third-order valence-corrected chi connectivity index (χ3v) is 3.58. The van der Waals surface area contributed by atoms with Crippen molar-refractivity contribution in [3.8, 4) is 5.69 Å². The Balaban J connectivity index is 0.00000133. The summed E-state index contributed by atoms with van der Waals surface area (Å²) < 4.78 is 4.40. The lowest BCUT2D eigenvalue weighted by Gasteiger charge is -2.02. The monoisotopic (exact) mass is 364 g/mol. The maximum atomic E-state index is 2.24. The van der Waals surface area contributed by atoms with E-state index in [4.69, 9.17) is 0 Å². The number of hydrogen-bond acceptors (Lipinski definition) is 0. The van der Waals surface area contributed by atoms with E-state index < -0.39 is 0 Å². The molecule has 0 aliphatic heterocycles. The normalized spacial score (nSPS) is 10.5. The number of halogens is 1. The number of benzene rings is 2. The van der Waals surface area contributed by atoms with Gasteiger partial charge in [-0.15, -0.1) is 0 Å². The highest BCUT2D eigenvalue weighted by molar-refractivity contribution is 5.74. The molecule has 2 aromatic carbocycles. The largest absolute Gasteiger partial charge is 1.00 e. The van der Waals surface area contributed by atoms with Gasteiger partial charge < -0.3 is 24.0 Å². The predicted octanol–water partition coefficient (Wildman–Crippen LogP) is 0.0758. The number of nitrogens with zero attached hydrogens (tertiary/aromatic N) is 2. The van der Waals surface area contributed by atoms with Crippen molar-refractivity contribution >= 4 is 11.0 Å². The standard InChI is InChI=1S/C16H17N2.HI/c1-12-8-9-14(10-13(12)2)18-11-17(3)15-6-4-5-7-16(15)18;/h4-11H,1-3H3;1H/q+1;/p-1. The summed E-state index contributed by atoms with van der Waals surface area (Å²) in [4.78, 5) is 0. The minimum atomic E-state index is 0. The highest BCUT2D eigenvalue weighted by Crippen LogP contribution is 2.18. The number of para-hydroxylation sites is 2. The van der Waals surface area contributed by atoms with Crippen LogP contribution in [-0.2, 0) is 7.05 Å². The Kier molecular flexibility index (Phi) is 3.94. The molecule has 0 fully saturated rings. The van der Waals surface area contributed by atoms with Gasteiger partial charge in [-0.2, -0.15) is 4.57 Å². The summed E-state index contributed by atoms with van der Waals surface area (Å²) >= 11 is 0. The van der Waals surface area contributed by atoms with Gasteiger partial charge in [-0.05, 0) is 49.2 Å². The van der Waals surface area contributed by atoms with Gasteiger partial charge in [0.15, 0.2) is 11.0 Å². The number of hydrogen-bond donors (Lipinski definition) is 0. The minimum absolute atomic E-state index is 0. The summed E-state index contributed by atoms with van der Waals surface area (Å²) in [6.07, 6.45) is 2.13. The van der Waals surface area contributed by atoms with E-state index in [1.54, 1.807) is 0 Å². The van der Waals surface area contributed by atoms with E-state index in [1.165, 1.54) is 27.8 Å². The zero-order chi connectivity index (χ0) is 12.7. The van der Waals surface area contributed by atoms with E-state index in [-0.39, 0.29) is 24.0 Å². The van der Waals surface area contributed by atoms with E-state index in [1.807, 2.05) is 0 Å². The summed E-state index contributed by atoms with van der Waals surface area (Å²) in [7, 11) is 2.08. The van der Waals surface area contributed by atoms with Crippen LogP contribution in [0, 0.1) is 13.8 Å².